The number of rotatable bonds is 4. The molecule has 0 amide bonds. The molecule has 0 saturated carbocycles. The second kappa shape index (κ2) is 4.75. The van der Waals surface area contributed by atoms with E-state index in [0.717, 1.165) is 0 Å². The summed E-state index contributed by atoms with van der Waals surface area (Å²) in [6, 6.07) is 0. The van der Waals surface area contributed by atoms with Crippen LogP contribution in [0.5, 0.6) is 0 Å². The molecule has 0 bridgehead atoms. The molecule has 0 aromatic carbocycles. The highest BCUT2D eigenvalue weighted by molar-refractivity contribution is 5.42. The van der Waals surface area contributed by atoms with E-state index < -0.39 is 0 Å². The molecule has 3 rings (SSSR count). The Balaban J connectivity index is 1.68. The number of aromatic nitrogens is 12. The average molecular weight is 276 g/mol. The molecule has 20 heavy (non-hydrogen) atoms. The van der Waals surface area contributed by atoms with Gasteiger partial charge in [-0.2, -0.15) is 9.59 Å². The lowest BCUT2D eigenvalue weighted by molar-refractivity contribution is 0.630. The third-order valence-corrected chi connectivity index (χ3v) is 1.94. The molecule has 0 saturated heterocycles. The molecule has 0 spiro atoms. The third kappa shape index (κ3) is 2.57. The van der Waals surface area contributed by atoms with Gasteiger partial charge in [0.15, 0.2) is 0 Å². The summed E-state index contributed by atoms with van der Waals surface area (Å²) in [5.74, 6) is 0.756. The SMILES string of the molecule is Cn1nnc(Nc2nnc(Nc3nnn(C)n3)nn2)n1. The van der Waals surface area contributed by atoms with Gasteiger partial charge in [0, 0.05) is 0 Å². The van der Waals surface area contributed by atoms with E-state index in [4.69, 9.17) is 0 Å². The molecule has 0 aliphatic rings. The van der Waals surface area contributed by atoms with Crippen molar-refractivity contribution in [1.82, 2.24) is 60.8 Å². The maximum atomic E-state index is 3.90. The van der Waals surface area contributed by atoms with Crippen molar-refractivity contribution in [2.24, 2.45) is 14.1 Å². The summed E-state index contributed by atoms with van der Waals surface area (Å²) in [6.07, 6.45) is 0. The number of hydrogen-bond donors (Lipinski definition) is 2. The number of nitrogens with one attached hydrogen (secondary N) is 2. The van der Waals surface area contributed by atoms with Crippen molar-refractivity contribution in [2.45, 2.75) is 0 Å². The third-order valence-electron chi connectivity index (χ3n) is 1.94. The summed E-state index contributed by atoms with van der Waals surface area (Å²) in [7, 11) is 3.27. The second-order valence-electron chi connectivity index (χ2n) is 3.50. The fraction of sp³-hybridized carbons (Fsp3) is 0.333. The van der Waals surface area contributed by atoms with Crippen molar-refractivity contribution in [1.29, 1.82) is 0 Å². The maximum Gasteiger partial charge on any atom is 0.270 e. The van der Waals surface area contributed by atoms with Crippen molar-refractivity contribution in [2.75, 3.05) is 10.6 Å². The summed E-state index contributed by atoms with van der Waals surface area (Å²) in [5, 5.41) is 43.1. The monoisotopic (exact) mass is 276 g/mol. The van der Waals surface area contributed by atoms with Gasteiger partial charge < -0.3 is 0 Å². The zero-order valence-electron chi connectivity index (χ0n) is 10.4. The van der Waals surface area contributed by atoms with E-state index in [1.807, 2.05) is 0 Å². The summed E-state index contributed by atoms with van der Waals surface area (Å²) < 4.78 is 0. The number of nitrogens with zero attached hydrogens (tertiary/aromatic N) is 12. The number of aryl methyl sites for hydroxylation is 2. The van der Waals surface area contributed by atoms with Gasteiger partial charge in [0.2, 0.25) is 0 Å². The summed E-state index contributed by atoms with van der Waals surface area (Å²) >= 11 is 0. The van der Waals surface area contributed by atoms with Gasteiger partial charge in [-0.15, -0.1) is 30.6 Å². The highest BCUT2D eigenvalue weighted by atomic mass is 15.6. The van der Waals surface area contributed by atoms with Crippen molar-refractivity contribution in [3.05, 3.63) is 0 Å². The van der Waals surface area contributed by atoms with Crippen LogP contribution in [0.3, 0.4) is 0 Å². The number of tetrazole rings is 2. The van der Waals surface area contributed by atoms with Crippen molar-refractivity contribution >= 4 is 23.8 Å². The molecule has 3 aromatic heterocycles. The number of anilines is 4. The minimum Gasteiger partial charge on any atom is -0.287 e. The van der Waals surface area contributed by atoms with E-state index in [2.05, 4.69) is 61.8 Å². The van der Waals surface area contributed by atoms with Gasteiger partial charge >= 0.3 is 0 Å². The van der Waals surface area contributed by atoms with Crippen LogP contribution in [0.4, 0.5) is 23.8 Å². The van der Waals surface area contributed by atoms with Crippen molar-refractivity contribution in [3.8, 4) is 0 Å². The minimum atomic E-state index is 0.135. The lowest BCUT2D eigenvalue weighted by Gasteiger charge is -1.99. The van der Waals surface area contributed by atoms with Crippen LogP contribution < -0.4 is 10.6 Å². The van der Waals surface area contributed by atoms with Crippen molar-refractivity contribution in [3.63, 3.8) is 0 Å². The Morgan fingerprint density at radius 3 is 1.30 bits per heavy atom. The molecule has 2 N–H and O–H groups in total. The predicted octanol–water partition coefficient (Wildman–Crippen LogP) is -2.20. The average Bonchev–Trinajstić information content (AvgIpc) is 3.01. The van der Waals surface area contributed by atoms with Crippen molar-refractivity contribution < 1.29 is 0 Å². The van der Waals surface area contributed by atoms with Gasteiger partial charge in [0.05, 0.1) is 14.1 Å². The topological polar surface area (TPSA) is 163 Å². The molecule has 0 unspecified atom stereocenters. The molecule has 14 heteroatoms. The molecule has 0 aliphatic heterocycles. The molecular formula is C6H8N14. The summed E-state index contributed by atoms with van der Waals surface area (Å²) in [5.41, 5.74) is 0. The first kappa shape index (κ1) is 11.8. The molecule has 3 heterocycles. The standard InChI is InChI=1S/C6H8N14/c1-19-15-5(13-17-19)7-3-9-11-4(12-10-3)8-6-14-18-20(2)16-6/h1-2H3,(H,7,9,10,15)(H,8,11,12,16). The molecule has 3 aromatic rings. The van der Waals surface area contributed by atoms with E-state index in [1.165, 1.54) is 9.59 Å². The quantitative estimate of drug-likeness (QED) is 0.529. The Bertz CT molecular complexity index is 633. The van der Waals surface area contributed by atoms with Gasteiger partial charge in [-0.1, -0.05) is 10.2 Å². The van der Waals surface area contributed by atoms with Crippen LogP contribution >= 0.6 is 0 Å². The first-order valence-corrected chi connectivity index (χ1v) is 5.28. The van der Waals surface area contributed by atoms with E-state index in [0.29, 0.717) is 0 Å². The Hall–Kier alpha value is -3.32. The van der Waals surface area contributed by atoms with Gasteiger partial charge in [-0.3, -0.25) is 10.6 Å². The molecule has 14 nitrogen and oxygen atoms in total. The minimum absolute atomic E-state index is 0.135. The van der Waals surface area contributed by atoms with E-state index in [9.17, 15) is 0 Å². The Morgan fingerprint density at radius 2 is 1.00 bits per heavy atom. The van der Waals surface area contributed by atoms with E-state index in [-0.39, 0.29) is 23.8 Å². The van der Waals surface area contributed by atoms with Gasteiger partial charge in [-0.25, -0.2) is 0 Å². The Kier molecular flexibility index (Phi) is 2.79. The Morgan fingerprint density at radius 1 is 0.600 bits per heavy atom. The molecule has 0 fully saturated rings. The van der Waals surface area contributed by atoms with Crippen LogP contribution in [0.2, 0.25) is 0 Å². The lowest BCUT2D eigenvalue weighted by atomic mass is 10.9. The van der Waals surface area contributed by atoms with Crippen LogP contribution in [0.15, 0.2) is 0 Å². The normalized spacial score (nSPS) is 10.5. The van der Waals surface area contributed by atoms with Crippen LogP contribution in [0.1, 0.15) is 0 Å². The summed E-state index contributed by atoms with van der Waals surface area (Å²) in [6.45, 7) is 0. The smallest absolute Gasteiger partial charge is 0.270 e. The zero-order chi connectivity index (χ0) is 13.9. The maximum absolute atomic E-state index is 3.90. The number of hydrogen-bond acceptors (Lipinski definition) is 12. The largest absolute Gasteiger partial charge is 0.287 e. The van der Waals surface area contributed by atoms with Crippen LogP contribution in [-0.4, -0.2) is 60.8 Å². The molecular weight excluding hydrogens is 268 g/mol. The second-order valence-corrected chi connectivity index (χ2v) is 3.50. The van der Waals surface area contributed by atoms with Gasteiger partial charge in [-0.05, 0) is 10.4 Å². The lowest BCUT2D eigenvalue weighted by Crippen LogP contribution is -2.07. The zero-order valence-corrected chi connectivity index (χ0v) is 10.4. The fourth-order valence-electron chi connectivity index (χ4n) is 1.20. The van der Waals surface area contributed by atoms with Crippen LogP contribution in [0.25, 0.3) is 0 Å². The molecule has 0 atom stereocenters. The van der Waals surface area contributed by atoms with E-state index >= 15 is 0 Å². The predicted molar refractivity (Wildman–Crippen MR) is 61.8 cm³/mol. The first-order chi connectivity index (χ1) is 9.69. The molecule has 0 aliphatic carbocycles. The first-order valence-electron chi connectivity index (χ1n) is 5.28. The Labute approximate surface area is 110 Å². The van der Waals surface area contributed by atoms with Gasteiger partial charge in [0.25, 0.3) is 23.8 Å². The molecule has 102 valence electrons. The van der Waals surface area contributed by atoms with E-state index in [1.54, 1.807) is 14.1 Å². The van der Waals surface area contributed by atoms with Crippen LogP contribution in [-0.2, 0) is 14.1 Å². The van der Waals surface area contributed by atoms with Crippen LogP contribution in [0, 0.1) is 0 Å². The highest BCUT2D eigenvalue weighted by Crippen LogP contribution is 2.05. The van der Waals surface area contributed by atoms with Gasteiger partial charge in [0.1, 0.15) is 0 Å². The summed E-state index contributed by atoms with van der Waals surface area (Å²) in [4.78, 5) is 2.58. The fourth-order valence-corrected chi connectivity index (χ4v) is 1.20. The highest BCUT2D eigenvalue weighted by Gasteiger charge is 2.07. The molecule has 0 radical (unpaired) electrons.